The number of sulfonamides is 1. The fourth-order valence-electron chi connectivity index (χ4n) is 2.88. The second kappa shape index (κ2) is 8.18. The second-order valence-electron chi connectivity index (χ2n) is 6.27. The van der Waals surface area contributed by atoms with Gasteiger partial charge in [0.2, 0.25) is 0 Å². The molecule has 150 valence electrons. The molecule has 28 heavy (non-hydrogen) atoms. The number of carboxylic acid groups (broad SMARTS) is 1. The van der Waals surface area contributed by atoms with Crippen molar-refractivity contribution in [3.8, 4) is 0 Å². The van der Waals surface area contributed by atoms with Gasteiger partial charge in [0, 0.05) is 30.3 Å². The summed E-state index contributed by atoms with van der Waals surface area (Å²) in [6.07, 6.45) is 0. The molecule has 0 saturated carbocycles. The van der Waals surface area contributed by atoms with Gasteiger partial charge in [-0.2, -0.15) is 11.8 Å². The van der Waals surface area contributed by atoms with E-state index in [0.29, 0.717) is 17.3 Å². The number of rotatable bonds is 5. The quantitative estimate of drug-likeness (QED) is 0.728. The Morgan fingerprint density at radius 3 is 2.54 bits per heavy atom. The first-order valence-corrected chi connectivity index (χ1v) is 11.4. The number of aryl methyl sites for hydroxylation is 1. The van der Waals surface area contributed by atoms with E-state index in [4.69, 9.17) is 16.7 Å². The van der Waals surface area contributed by atoms with E-state index in [1.54, 1.807) is 13.0 Å². The van der Waals surface area contributed by atoms with Gasteiger partial charge in [0.15, 0.2) is 0 Å². The maximum absolute atomic E-state index is 13.7. The molecule has 0 amide bonds. The van der Waals surface area contributed by atoms with Crippen molar-refractivity contribution in [2.45, 2.75) is 11.8 Å². The summed E-state index contributed by atoms with van der Waals surface area (Å²) in [5.41, 5.74) is 1.29. The summed E-state index contributed by atoms with van der Waals surface area (Å²) in [5.74, 6) is -0.590. The number of anilines is 2. The molecule has 0 aliphatic carbocycles. The smallest absolute Gasteiger partial charge is 0.338 e. The third-order valence-corrected chi connectivity index (χ3v) is 7.14. The van der Waals surface area contributed by atoms with Crippen LogP contribution in [0.5, 0.6) is 0 Å². The van der Waals surface area contributed by atoms with E-state index in [2.05, 4.69) is 9.62 Å². The Morgan fingerprint density at radius 1 is 1.25 bits per heavy atom. The predicted octanol–water partition coefficient (Wildman–Crippen LogP) is 3.84. The zero-order valence-electron chi connectivity index (χ0n) is 14.9. The van der Waals surface area contributed by atoms with Gasteiger partial charge in [-0.15, -0.1) is 0 Å². The molecule has 0 unspecified atom stereocenters. The SMILES string of the molecule is Cc1cc(N2CCSCC2)ccc1NS(=O)(=O)c1cc(C(=O)O)c(F)cc1Cl. The van der Waals surface area contributed by atoms with Crippen LogP contribution in [0.1, 0.15) is 15.9 Å². The third-order valence-electron chi connectivity index (χ3n) is 4.37. The predicted molar refractivity (Wildman–Crippen MR) is 110 cm³/mol. The van der Waals surface area contributed by atoms with Gasteiger partial charge >= 0.3 is 5.97 Å². The van der Waals surface area contributed by atoms with Crippen LogP contribution in [-0.2, 0) is 10.0 Å². The van der Waals surface area contributed by atoms with Crippen molar-refractivity contribution in [1.82, 2.24) is 0 Å². The number of hydrogen-bond acceptors (Lipinski definition) is 5. The zero-order chi connectivity index (χ0) is 20.5. The Labute approximate surface area is 171 Å². The molecule has 0 radical (unpaired) electrons. The van der Waals surface area contributed by atoms with Crippen molar-refractivity contribution in [3.63, 3.8) is 0 Å². The molecule has 0 atom stereocenters. The molecule has 2 N–H and O–H groups in total. The first kappa shape index (κ1) is 20.8. The van der Waals surface area contributed by atoms with E-state index in [0.717, 1.165) is 36.3 Å². The minimum Gasteiger partial charge on any atom is -0.478 e. The zero-order valence-corrected chi connectivity index (χ0v) is 17.3. The van der Waals surface area contributed by atoms with Crippen LogP contribution < -0.4 is 9.62 Å². The van der Waals surface area contributed by atoms with Gasteiger partial charge in [-0.25, -0.2) is 17.6 Å². The van der Waals surface area contributed by atoms with Crippen molar-refractivity contribution in [1.29, 1.82) is 0 Å². The number of benzene rings is 2. The summed E-state index contributed by atoms with van der Waals surface area (Å²) in [5, 5.41) is 8.64. The molecular formula is C18H18ClFN2O4S2. The summed E-state index contributed by atoms with van der Waals surface area (Å²) >= 11 is 7.76. The van der Waals surface area contributed by atoms with Gasteiger partial charge in [-0.1, -0.05) is 11.6 Å². The molecule has 10 heteroatoms. The second-order valence-corrected chi connectivity index (χ2v) is 9.55. The van der Waals surface area contributed by atoms with Crippen molar-refractivity contribution < 1.29 is 22.7 Å². The number of thioether (sulfide) groups is 1. The van der Waals surface area contributed by atoms with E-state index in [9.17, 15) is 17.6 Å². The van der Waals surface area contributed by atoms with Crippen LogP contribution in [0.4, 0.5) is 15.8 Å². The molecule has 0 spiro atoms. The molecule has 2 aromatic carbocycles. The standard InChI is InChI=1S/C18H18ClFN2O4S2/c1-11-8-12(22-4-6-27-7-5-22)2-3-16(11)21-28(25,26)17-9-13(18(23)24)15(20)10-14(17)19/h2-3,8-10,21H,4-7H2,1H3,(H,23,24). The number of nitrogens with one attached hydrogen (secondary N) is 1. The van der Waals surface area contributed by atoms with E-state index in [1.165, 1.54) is 0 Å². The highest BCUT2D eigenvalue weighted by molar-refractivity contribution is 7.99. The normalized spacial score (nSPS) is 14.8. The first-order valence-electron chi connectivity index (χ1n) is 8.37. The maximum atomic E-state index is 13.7. The van der Waals surface area contributed by atoms with Gasteiger partial charge in [-0.3, -0.25) is 4.72 Å². The minimum absolute atomic E-state index is 0.340. The molecule has 2 aromatic rings. The molecular weight excluding hydrogens is 427 g/mol. The van der Waals surface area contributed by atoms with Crippen LogP contribution >= 0.6 is 23.4 Å². The maximum Gasteiger partial charge on any atom is 0.338 e. The third kappa shape index (κ3) is 4.37. The number of hydrogen-bond donors (Lipinski definition) is 2. The molecule has 1 aliphatic rings. The van der Waals surface area contributed by atoms with Crippen LogP contribution in [0.2, 0.25) is 5.02 Å². The summed E-state index contributed by atoms with van der Waals surface area (Å²) in [6, 6.07) is 6.78. The first-order chi connectivity index (χ1) is 13.2. The van der Waals surface area contributed by atoms with Crippen LogP contribution in [0.25, 0.3) is 0 Å². The van der Waals surface area contributed by atoms with Crippen LogP contribution in [0, 0.1) is 12.7 Å². The minimum atomic E-state index is -4.21. The highest BCUT2D eigenvalue weighted by atomic mass is 35.5. The lowest BCUT2D eigenvalue weighted by Crippen LogP contribution is -2.32. The Balaban J connectivity index is 1.90. The van der Waals surface area contributed by atoms with Crippen molar-refractivity contribution in [3.05, 3.63) is 52.3 Å². The summed E-state index contributed by atoms with van der Waals surface area (Å²) in [4.78, 5) is 12.8. The summed E-state index contributed by atoms with van der Waals surface area (Å²) in [7, 11) is -4.21. The molecule has 3 rings (SSSR count). The largest absolute Gasteiger partial charge is 0.478 e. The van der Waals surface area contributed by atoms with Crippen LogP contribution in [-0.4, -0.2) is 44.1 Å². The lowest BCUT2D eigenvalue weighted by atomic mass is 10.1. The van der Waals surface area contributed by atoms with Crippen molar-refractivity contribution >= 4 is 50.7 Å². The Kier molecular flexibility index (Phi) is 6.07. The Morgan fingerprint density at radius 2 is 1.93 bits per heavy atom. The Bertz CT molecular complexity index is 1020. The van der Waals surface area contributed by atoms with Gasteiger partial charge in [-0.05, 0) is 42.8 Å². The molecule has 1 fully saturated rings. The van der Waals surface area contributed by atoms with E-state index in [-0.39, 0.29) is 0 Å². The fraction of sp³-hybridized carbons (Fsp3) is 0.278. The fourth-order valence-corrected chi connectivity index (χ4v) is 5.45. The number of carboxylic acids is 1. The van der Waals surface area contributed by atoms with E-state index < -0.39 is 37.3 Å². The van der Waals surface area contributed by atoms with Gasteiger partial charge < -0.3 is 10.0 Å². The van der Waals surface area contributed by atoms with Crippen molar-refractivity contribution in [2.24, 2.45) is 0 Å². The van der Waals surface area contributed by atoms with E-state index >= 15 is 0 Å². The molecule has 1 aliphatic heterocycles. The lowest BCUT2D eigenvalue weighted by molar-refractivity contribution is 0.0691. The number of carbonyl (C=O) groups is 1. The van der Waals surface area contributed by atoms with Gasteiger partial charge in [0.1, 0.15) is 10.7 Å². The number of aromatic carboxylic acids is 1. The molecule has 1 heterocycles. The van der Waals surface area contributed by atoms with Gasteiger partial charge in [0.05, 0.1) is 16.3 Å². The van der Waals surface area contributed by atoms with Crippen LogP contribution in [0.15, 0.2) is 35.2 Å². The number of halogens is 2. The Hall–Kier alpha value is -1.97. The molecule has 0 bridgehead atoms. The number of nitrogens with zero attached hydrogens (tertiary/aromatic N) is 1. The lowest BCUT2D eigenvalue weighted by Gasteiger charge is -2.29. The van der Waals surface area contributed by atoms with E-state index in [1.807, 2.05) is 23.9 Å². The summed E-state index contributed by atoms with van der Waals surface area (Å²) in [6.45, 7) is 3.63. The van der Waals surface area contributed by atoms with Crippen molar-refractivity contribution in [2.75, 3.05) is 34.2 Å². The van der Waals surface area contributed by atoms with Gasteiger partial charge in [0.25, 0.3) is 10.0 Å². The molecule has 1 saturated heterocycles. The molecule has 0 aromatic heterocycles. The monoisotopic (exact) mass is 444 g/mol. The average Bonchev–Trinajstić information content (AvgIpc) is 2.63. The van der Waals surface area contributed by atoms with Crippen LogP contribution in [0.3, 0.4) is 0 Å². The molecule has 6 nitrogen and oxygen atoms in total. The topological polar surface area (TPSA) is 86.7 Å². The summed E-state index contributed by atoms with van der Waals surface area (Å²) < 4.78 is 41.6. The highest BCUT2D eigenvalue weighted by Gasteiger charge is 2.24. The average molecular weight is 445 g/mol. The highest BCUT2D eigenvalue weighted by Crippen LogP contribution is 2.30.